The Hall–Kier alpha value is -1.96. The number of piperidine rings is 1. The van der Waals surface area contributed by atoms with Gasteiger partial charge in [0, 0.05) is 36.6 Å². The van der Waals surface area contributed by atoms with Crippen molar-refractivity contribution in [2.75, 3.05) is 36.5 Å². The summed E-state index contributed by atoms with van der Waals surface area (Å²) >= 11 is 6.16. The molecule has 1 aromatic carbocycles. The number of ether oxygens (including phenoxy) is 2. The lowest BCUT2D eigenvalue weighted by atomic mass is 10.0. The smallest absolute Gasteiger partial charge is 0.249 e. The Kier molecular flexibility index (Phi) is 4.45. The molecule has 7 nitrogen and oxygen atoms in total. The number of anilines is 3. The van der Waals surface area contributed by atoms with Crippen LogP contribution in [0.25, 0.3) is 0 Å². The molecule has 0 amide bonds. The van der Waals surface area contributed by atoms with Gasteiger partial charge < -0.3 is 19.7 Å². The summed E-state index contributed by atoms with van der Waals surface area (Å²) in [6, 6.07) is 5.69. The monoisotopic (exact) mass is 361 g/mol. The van der Waals surface area contributed by atoms with Crippen molar-refractivity contribution in [2.45, 2.75) is 25.6 Å². The van der Waals surface area contributed by atoms with Crippen molar-refractivity contribution in [3.8, 4) is 0 Å². The first-order chi connectivity index (χ1) is 12.2. The van der Waals surface area contributed by atoms with Crippen molar-refractivity contribution in [1.82, 2.24) is 15.2 Å². The molecule has 0 aliphatic carbocycles. The third-order valence-corrected chi connectivity index (χ3v) is 5.13. The van der Waals surface area contributed by atoms with Crippen molar-refractivity contribution < 1.29 is 9.47 Å². The van der Waals surface area contributed by atoms with Crippen LogP contribution >= 0.6 is 11.6 Å². The predicted octanol–water partition coefficient (Wildman–Crippen LogP) is 2.92. The van der Waals surface area contributed by atoms with Gasteiger partial charge in [0.15, 0.2) is 11.6 Å². The van der Waals surface area contributed by atoms with Crippen LogP contribution in [-0.2, 0) is 9.47 Å². The van der Waals surface area contributed by atoms with Crippen LogP contribution < -0.4 is 10.2 Å². The van der Waals surface area contributed by atoms with E-state index in [9.17, 15) is 0 Å². The van der Waals surface area contributed by atoms with Crippen LogP contribution in [0.15, 0.2) is 24.4 Å². The number of hydrogen-bond acceptors (Lipinski definition) is 7. The Morgan fingerprint density at radius 3 is 2.72 bits per heavy atom. The minimum Gasteiger partial charge on any atom is -0.355 e. The van der Waals surface area contributed by atoms with Gasteiger partial charge in [-0.15, -0.1) is 5.10 Å². The second-order valence-corrected chi connectivity index (χ2v) is 6.68. The van der Waals surface area contributed by atoms with Crippen LogP contribution in [-0.4, -0.2) is 47.3 Å². The highest BCUT2D eigenvalue weighted by Gasteiger charge is 2.40. The van der Waals surface area contributed by atoms with Crippen molar-refractivity contribution in [3.05, 3.63) is 35.0 Å². The Morgan fingerprint density at radius 2 is 1.96 bits per heavy atom. The maximum atomic E-state index is 6.16. The van der Waals surface area contributed by atoms with E-state index in [0.29, 0.717) is 24.2 Å². The third kappa shape index (κ3) is 3.40. The highest BCUT2D eigenvalue weighted by atomic mass is 35.5. The first kappa shape index (κ1) is 16.5. The Bertz CT molecular complexity index is 756. The van der Waals surface area contributed by atoms with Gasteiger partial charge in [0.2, 0.25) is 5.95 Å². The van der Waals surface area contributed by atoms with Crippen molar-refractivity contribution in [3.63, 3.8) is 0 Å². The van der Waals surface area contributed by atoms with Crippen molar-refractivity contribution in [1.29, 1.82) is 0 Å². The first-order valence-electron chi connectivity index (χ1n) is 8.40. The molecule has 2 fully saturated rings. The molecule has 1 N–H and O–H groups in total. The number of rotatable bonds is 3. The van der Waals surface area contributed by atoms with E-state index < -0.39 is 5.79 Å². The minimum atomic E-state index is -0.393. The summed E-state index contributed by atoms with van der Waals surface area (Å²) in [5, 5.41) is 12.1. The molecule has 132 valence electrons. The summed E-state index contributed by atoms with van der Waals surface area (Å²) in [6.07, 6.45) is 3.34. The molecule has 2 aliphatic rings. The highest BCUT2D eigenvalue weighted by molar-refractivity contribution is 6.31. The molecule has 8 heteroatoms. The van der Waals surface area contributed by atoms with E-state index in [0.717, 1.165) is 43.0 Å². The zero-order valence-corrected chi connectivity index (χ0v) is 14.8. The quantitative estimate of drug-likeness (QED) is 0.901. The van der Waals surface area contributed by atoms with Crippen LogP contribution in [0, 0.1) is 6.92 Å². The van der Waals surface area contributed by atoms with E-state index in [1.807, 2.05) is 25.1 Å². The number of nitrogens with zero attached hydrogens (tertiary/aromatic N) is 4. The molecule has 2 saturated heterocycles. The molecule has 4 rings (SSSR count). The Balaban J connectivity index is 1.47. The van der Waals surface area contributed by atoms with Gasteiger partial charge in [0.25, 0.3) is 0 Å². The van der Waals surface area contributed by atoms with Crippen LogP contribution in [0.2, 0.25) is 5.02 Å². The van der Waals surface area contributed by atoms with Gasteiger partial charge in [0.05, 0.1) is 19.4 Å². The van der Waals surface area contributed by atoms with Crippen molar-refractivity contribution >= 4 is 29.1 Å². The van der Waals surface area contributed by atoms with E-state index in [1.165, 1.54) is 0 Å². The van der Waals surface area contributed by atoms with Gasteiger partial charge >= 0.3 is 0 Å². The number of benzene rings is 1. The molecule has 0 atom stereocenters. The molecule has 25 heavy (non-hydrogen) atoms. The fourth-order valence-corrected chi connectivity index (χ4v) is 3.40. The standard InChI is InChI=1S/C17H20ClN5O2/c1-12-13(18)3-2-4-14(12)20-16-21-15(11-19-22-16)23-7-5-17(6-8-23)24-9-10-25-17/h2-4,11H,5-10H2,1H3,(H,20,21,22). The zero-order valence-electron chi connectivity index (χ0n) is 14.0. The summed E-state index contributed by atoms with van der Waals surface area (Å²) in [5.41, 5.74) is 1.82. The molecular formula is C17H20ClN5O2. The largest absolute Gasteiger partial charge is 0.355 e. The van der Waals surface area contributed by atoms with Gasteiger partial charge in [-0.2, -0.15) is 10.1 Å². The number of hydrogen-bond donors (Lipinski definition) is 1. The summed E-state index contributed by atoms with van der Waals surface area (Å²) < 4.78 is 11.5. The average molecular weight is 362 g/mol. The van der Waals surface area contributed by atoms with E-state index in [4.69, 9.17) is 21.1 Å². The lowest BCUT2D eigenvalue weighted by Crippen LogP contribution is -2.45. The maximum absolute atomic E-state index is 6.16. The molecule has 0 bridgehead atoms. The van der Waals surface area contributed by atoms with Gasteiger partial charge in [0.1, 0.15) is 0 Å². The van der Waals surface area contributed by atoms with Crippen LogP contribution in [0.5, 0.6) is 0 Å². The maximum Gasteiger partial charge on any atom is 0.249 e. The first-order valence-corrected chi connectivity index (χ1v) is 8.78. The van der Waals surface area contributed by atoms with Gasteiger partial charge in [-0.25, -0.2) is 0 Å². The second-order valence-electron chi connectivity index (χ2n) is 6.27. The molecule has 1 aromatic heterocycles. The molecule has 0 radical (unpaired) electrons. The Morgan fingerprint density at radius 1 is 1.20 bits per heavy atom. The normalized spacial score (nSPS) is 19.4. The SMILES string of the molecule is Cc1c(Cl)cccc1Nc1nncc(N2CCC3(CC2)OCCO3)n1. The fraction of sp³-hybridized carbons (Fsp3) is 0.471. The van der Waals surface area contributed by atoms with E-state index in [1.54, 1.807) is 6.20 Å². The molecule has 3 heterocycles. The molecule has 0 unspecified atom stereocenters. The molecule has 1 spiro atoms. The summed E-state index contributed by atoms with van der Waals surface area (Å²) in [5.74, 6) is 0.859. The summed E-state index contributed by atoms with van der Waals surface area (Å²) in [4.78, 5) is 6.78. The van der Waals surface area contributed by atoms with Crippen molar-refractivity contribution in [2.24, 2.45) is 0 Å². The fourth-order valence-electron chi connectivity index (χ4n) is 3.23. The van der Waals surface area contributed by atoms with Crippen LogP contribution in [0.1, 0.15) is 18.4 Å². The van der Waals surface area contributed by atoms with Crippen LogP contribution in [0.3, 0.4) is 0 Å². The van der Waals surface area contributed by atoms with Gasteiger partial charge in [-0.05, 0) is 24.6 Å². The summed E-state index contributed by atoms with van der Waals surface area (Å²) in [6.45, 7) is 4.94. The van der Waals surface area contributed by atoms with E-state index in [-0.39, 0.29) is 0 Å². The van der Waals surface area contributed by atoms with E-state index >= 15 is 0 Å². The average Bonchev–Trinajstić information content (AvgIpc) is 3.08. The number of aromatic nitrogens is 3. The minimum absolute atomic E-state index is 0.393. The molecule has 2 aliphatic heterocycles. The third-order valence-electron chi connectivity index (χ3n) is 4.72. The molecule has 2 aromatic rings. The Labute approximate surface area is 151 Å². The second kappa shape index (κ2) is 6.74. The number of halogens is 1. The zero-order chi connectivity index (χ0) is 17.3. The lowest BCUT2D eigenvalue weighted by Gasteiger charge is -2.37. The lowest BCUT2D eigenvalue weighted by molar-refractivity contribution is -0.169. The highest BCUT2D eigenvalue weighted by Crippen LogP contribution is 2.33. The predicted molar refractivity (Wildman–Crippen MR) is 95.4 cm³/mol. The van der Waals surface area contributed by atoms with E-state index in [2.05, 4.69) is 25.4 Å². The van der Waals surface area contributed by atoms with Gasteiger partial charge in [-0.3, -0.25) is 0 Å². The summed E-state index contributed by atoms with van der Waals surface area (Å²) in [7, 11) is 0. The molecule has 0 saturated carbocycles. The topological polar surface area (TPSA) is 72.4 Å². The van der Waals surface area contributed by atoms with Gasteiger partial charge in [-0.1, -0.05) is 17.7 Å². The molecular weight excluding hydrogens is 342 g/mol. The van der Waals surface area contributed by atoms with Crippen LogP contribution in [0.4, 0.5) is 17.5 Å². The number of nitrogens with one attached hydrogen (secondary N) is 1.